The second-order valence-electron chi connectivity index (χ2n) is 4.68. The Kier molecular flexibility index (Phi) is 4.15. The predicted octanol–water partition coefficient (Wildman–Crippen LogP) is 2.73. The van der Waals surface area contributed by atoms with Crippen molar-refractivity contribution in [2.45, 2.75) is 44.2 Å². The van der Waals surface area contributed by atoms with Gasteiger partial charge < -0.3 is 5.11 Å². The SMILES string of the molecule is O=C(O)C(NC1CCCCC1)c1ccccc1. The number of rotatable bonds is 4. The highest BCUT2D eigenvalue weighted by molar-refractivity contribution is 5.75. The van der Waals surface area contributed by atoms with Gasteiger partial charge in [-0.05, 0) is 18.4 Å². The lowest BCUT2D eigenvalue weighted by atomic mass is 9.94. The van der Waals surface area contributed by atoms with Crippen molar-refractivity contribution in [3.05, 3.63) is 35.9 Å². The molecule has 0 aliphatic heterocycles. The summed E-state index contributed by atoms with van der Waals surface area (Å²) in [5.41, 5.74) is 0.838. The Balaban J connectivity index is 2.05. The van der Waals surface area contributed by atoms with E-state index in [0.717, 1.165) is 18.4 Å². The van der Waals surface area contributed by atoms with E-state index in [-0.39, 0.29) is 0 Å². The first-order chi connectivity index (χ1) is 8.27. The number of hydrogen-bond acceptors (Lipinski definition) is 2. The minimum Gasteiger partial charge on any atom is -0.480 e. The Morgan fingerprint density at radius 1 is 1.18 bits per heavy atom. The molecule has 17 heavy (non-hydrogen) atoms. The highest BCUT2D eigenvalue weighted by Gasteiger charge is 2.23. The van der Waals surface area contributed by atoms with E-state index in [1.165, 1.54) is 19.3 Å². The van der Waals surface area contributed by atoms with Crippen LogP contribution in [0.5, 0.6) is 0 Å². The first kappa shape index (κ1) is 12.1. The van der Waals surface area contributed by atoms with Gasteiger partial charge in [0.1, 0.15) is 6.04 Å². The number of carboxylic acids is 1. The summed E-state index contributed by atoms with van der Waals surface area (Å²) < 4.78 is 0. The Morgan fingerprint density at radius 3 is 2.41 bits per heavy atom. The van der Waals surface area contributed by atoms with Crippen LogP contribution in [0.3, 0.4) is 0 Å². The van der Waals surface area contributed by atoms with Crippen molar-refractivity contribution >= 4 is 5.97 Å². The summed E-state index contributed by atoms with van der Waals surface area (Å²) in [6.45, 7) is 0. The average Bonchev–Trinajstić information content (AvgIpc) is 2.38. The maximum absolute atomic E-state index is 11.3. The molecule has 2 rings (SSSR count). The van der Waals surface area contributed by atoms with Gasteiger partial charge in [-0.25, -0.2) is 0 Å². The maximum atomic E-state index is 11.3. The molecule has 1 aromatic rings. The average molecular weight is 233 g/mol. The molecule has 0 amide bonds. The van der Waals surface area contributed by atoms with Gasteiger partial charge in [-0.1, -0.05) is 49.6 Å². The molecule has 3 nitrogen and oxygen atoms in total. The summed E-state index contributed by atoms with van der Waals surface area (Å²) in [7, 11) is 0. The second-order valence-corrected chi connectivity index (χ2v) is 4.68. The molecule has 92 valence electrons. The first-order valence-corrected chi connectivity index (χ1v) is 6.31. The van der Waals surface area contributed by atoms with Crippen LogP contribution in [0.15, 0.2) is 30.3 Å². The Bertz CT molecular complexity index is 358. The second kappa shape index (κ2) is 5.82. The van der Waals surface area contributed by atoms with Gasteiger partial charge in [0.15, 0.2) is 0 Å². The third kappa shape index (κ3) is 3.30. The fourth-order valence-corrected chi connectivity index (χ4v) is 2.46. The molecule has 1 atom stereocenters. The third-order valence-corrected chi connectivity index (χ3v) is 3.39. The Morgan fingerprint density at radius 2 is 1.82 bits per heavy atom. The smallest absolute Gasteiger partial charge is 0.325 e. The molecule has 3 heteroatoms. The van der Waals surface area contributed by atoms with Crippen molar-refractivity contribution in [1.29, 1.82) is 0 Å². The summed E-state index contributed by atoms with van der Waals surface area (Å²) in [4.78, 5) is 11.3. The zero-order valence-electron chi connectivity index (χ0n) is 9.93. The van der Waals surface area contributed by atoms with Crippen molar-refractivity contribution in [2.24, 2.45) is 0 Å². The van der Waals surface area contributed by atoms with E-state index in [0.29, 0.717) is 6.04 Å². The summed E-state index contributed by atoms with van der Waals surface area (Å²) >= 11 is 0. The molecule has 0 saturated heterocycles. The predicted molar refractivity (Wildman–Crippen MR) is 66.8 cm³/mol. The van der Waals surface area contributed by atoms with E-state index in [4.69, 9.17) is 0 Å². The van der Waals surface area contributed by atoms with Crippen molar-refractivity contribution in [2.75, 3.05) is 0 Å². The lowest BCUT2D eigenvalue weighted by molar-refractivity contribution is -0.140. The lowest BCUT2D eigenvalue weighted by Crippen LogP contribution is -2.38. The molecule has 0 spiro atoms. The van der Waals surface area contributed by atoms with Gasteiger partial charge in [0, 0.05) is 6.04 Å². The number of carboxylic acid groups (broad SMARTS) is 1. The minimum absolute atomic E-state index is 0.352. The molecule has 1 unspecified atom stereocenters. The van der Waals surface area contributed by atoms with E-state index in [1.54, 1.807) is 0 Å². The number of hydrogen-bond donors (Lipinski definition) is 2. The van der Waals surface area contributed by atoms with Gasteiger partial charge in [-0.2, -0.15) is 0 Å². The molecular formula is C14H19NO2. The third-order valence-electron chi connectivity index (χ3n) is 3.39. The van der Waals surface area contributed by atoms with E-state index in [1.807, 2.05) is 30.3 Å². The van der Waals surface area contributed by atoms with Crippen LogP contribution in [0.25, 0.3) is 0 Å². The van der Waals surface area contributed by atoms with Crippen molar-refractivity contribution in [3.63, 3.8) is 0 Å². The summed E-state index contributed by atoms with van der Waals surface area (Å²) in [6.07, 6.45) is 5.88. The van der Waals surface area contributed by atoms with E-state index in [9.17, 15) is 9.90 Å². The van der Waals surface area contributed by atoms with Crippen LogP contribution in [0, 0.1) is 0 Å². The number of aliphatic carboxylic acids is 1. The zero-order valence-corrected chi connectivity index (χ0v) is 9.93. The van der Waals surface area contributed by atoms with Crippen LogP contribution in [-0.2, 0) is 4.79 Å². The molecule has 1 fully saturated rings. The largest absolute Gasteiger partial charge is 0.480 e. The minimum atomic E-state index is -0.790. The topological polar surface area (TPSA) is 49.3 Å². The Labute approximate surface area is 102 Å². The number of carbonyl (C=O) groups is 1. The van der Waals surface area contributed by atoms with E-state index in [2.05, 4.69) is 5.32 Å². The molecule has 1 aromatic carbocycles. The molecule has 1 saturated carbocycles. The monoisotopic (exact) mass is 233 g/mol. The highest BCUT2D eigenvalue weighted by atomic mass is 16.4. The zero-order chi connectivity index (χ0) is 12.1. The van der Waals surface area contributed by atoms with Crippen molar-refractivity contribution < 1.29 is 9.90 Å². The normalized spacial score (nSPS) is 18.8. The van der Waals surface area contributed by atoms with Crippen molar-refractivity contribution in [3.8, 4) is 0 Å². The van der Waals surface area contributed by atoms with Crippen LogP contribution < -0.4 is 5.32 Å². The van der Waals surface area contributed by atoms with Crippen LogP contribution >= 0.6 is 0 Å². The molecule has 0 radical (unpaired) electrons. The fourth-order valence-electron chi connectivity index (χ4n) is 2.46. The number of benzene rings is 1. The van der Waals surface area contributed by atoms with Gasteiger partial charge in [0.05, 0.1) is 0 Å². The van der Waals surface area contributed by atoms with Gasteiger partial charge in [0.25, 0.3) is 0 Å². The molecule has 2 N–H and O–H groups in total. The van der Waals surface area contributed by atoms with E-state index >= 15 is 0 Å². The lowest BCUT2D eigenvalue weighted by Gasteiger charge is -2.26. The molecule has 0 aromatic heterocycles. The van der Waals surface area contributed by atoms with E-state index < -0.39 is 12.0 Å². The summed E-state index contributed by atoms with van der Waals surface area (Å²) in [5, 5.41) is 12.6. The highest BCUT2D eigenvalue weighted by Crippen LogP contribution is 2.21. The molecule has 1 aliphatic carbocycles. The van der Waals surface area contributed by atoms with Gasteiger partial charge in [-0.15, -0.1) is 0 Å². The van der Waals surface area contributed by atoms with Crippen LogP contribution in [0.2, 0.25) is 0 Å². The Hall–Kier alpha value is -1.35. The van der Waals surface area contributed by atoms with Gasteiger partial charge in [0.2, 0.25) is 0 Å². The maximum Gasteiger partial charge on any atom is 0.325 e. The van der Waals surface area contributed by atoms with Gasteiger partial charge in [-0.3, -0.25) is 10.1 Å². The molecule has 0 heterocycles. The van der Waals surface area contributed by atoms with Crippen molar-refractivity contribution in [1.82, 2.24) is 5.32 Å². The fraction of sp³-hybridized carbons (Fsp3) is 0.500. The van der Waals surface area contributed by atoms with Crippen LogP contribution in [0.4, 0.5) is 0 Å². The first-order valence-electron chi connectivity index (χ1n) is 6.31. The molecule has 1 aliphatic rings. The van der Waals surface area contributed by atoms with Crippen LogP contribution in [0.1, 0.15) is 43.7 Å². The summed E-state index contributed by atoms with van der Waals surface area (Å²) in [5.74, 6) is -0.790. The number of nitrogens with one attached hydrogen (secondary N) is 1. The van der Waals surface area contributed by atoms with Crippen LogP contribution in [-0.4, -0.2) is 17.1 Å². The summed E-state index contributed by atoms with van der Waals surface area (Å²) in [6, 6.07) is 9.19. The van der Waals surface area contributed by atoms with Gasteiger partial charge >= 0.3 is 5.97 Å². The molecule has 0 bridgehead atoms. The standard InChI is InChI=1S/C14H19NO2/c16-14(17)13(11-7-3-1-4-8-11)15-12-9-5-2-6-10-12/h1,3-4,7-8,12-13,15H,2,5-6,9-10H2,(H,16,17). The quantitative estimate of drug-likeness (QED) is 0.840. The molecular weight excluding hydrogens is 214 g/mol.